The summed E-state index contributed by atoms with van der Waals surface area (Å²) in [5.74, 6) is 0. The first-order valence-corrected chi connectivity index (χ1v) is 8.75. The first-order valence-electron chi connectivity index (χ1n) is 6.14. The Bertz CT molecular complexity index is 456. The van der Waals surface area contributed by atoms with Crippen LogP contribution in [0.25, 0.3) is 0 Å². The summed E-state index contributed by atoms with van der Waals surface area (Å²) in [6.07, 6.45) is 2.94. The van der Waals surface area contributed by atoms with Gasteiger partial charge < -0.3 is 0 Å². The SMILES string of the molecule is CCCC[C@H](CBr)NS(=O)(=O)c1ccc(C)cc1. The fourth-order valence-electron chi connectivity index (χ4n) is 1.62. The Labute approximate surface area is 118 Å². The number of nitrogens with one attached hydrogen (secondary N) is 1. The molecule has 1 atom stereocenters. The van der Waals surface area contributed by atoms with Crippen LogP contribution in [0.15, 0.2) is 29.2 Å². The third-order valence-electron chi connectivity index (χ3n) is 2.75. The Morgan fingerprint density at radius 1 is 1.28 bits per heavy atom. The Hall–Kier alpha value is -0.390. The quantitative estimate of drug-likeness (QED) is 0.778. The third kappa shape index (κ3) is 4.71. The fourth-order valence-corrected chi connectivity index (χ4v) is 3.59. The van der Waals surface area contributed by atoms with E-state index < -0.39 is 10.0 Å². The molecule has 0 heterocycles. The summed E-state index contributed by atoms with van der Waals surface area (Å²) in [7, 11) is -3.40. The summed E-state index contributed by atoms with van der Waals surface area (Å²) in [5, 5.41) is 0.637. The largest absolute Gasteiger partial charge is 0.240 e. The Morgan fingerprint density at radius 2 is 1.89 bits per heavy atom. The minimum Gasteiger partial charge on any atom is -0.207 e. The van der Waals surface area contributed by atoms with Gasteiger partial charge in [0.25, 0.3) is 0 Å². The van der Waals surface area contributed by atoms with Gasteiger partial charge in [-0.1, -0.05) is 53.4 Å². The molecule has 0 unspecified atom stereocenters. The van der Waals surface area contributed by atoms with E-state index >= 15 is 0 Å². The fraction of sp³-hybridized carbons (Fsp3) is 0.538. The van der Waals surface area contributed by atoms with Crippen molar-refractivity contribution in [2.45, 2.75) is 44.0 Å². The van der Waals surface area contributed by atoms with Crippen molar-refractivity contribution in [1.82, 2.24) is 4.72 Å². The van der Waals surface area contributed by atoms with Crippen LogP contribution in [0.4, 0.5) is 0 Å². The normalized spacial score (nSPS) is 13.5. The van der Waals surface area contributed by atoms with Crippen LogP contribution in [0.5, 0.6) is 0 Å². The molecule has 102 valence electrons. The van der Waals surface area contributed by atoms with E-state index in [9.17, 15) is 8.42 Å². The molecule has 18 heavy (non-hydrogen) atoms. The van der Waals surface area contributed by atoms with Crippen LogP contribution in [0.1, 0.15) is 31.7 Å². The summed E-state index contributed by atoms with van der Waals surface area (Å²) in [4.78, 5) is 0.329. The minimum absolute atomic E-state index is 0.0451. The Kier molecular flexibility index (Phi) is 6.32. The highest BCUT2D eigenvalue weighted by molar-refractivity contribution is 9.09. The van der Waals surface area contributed by atoms with Crippen molar-refractivity contribution >= 4 is 26.0 Å². The number of hydrogen-bond donors (Lipinski definition) is 1. The molecule has 0 radical (unpaired) electrons. The van der Waals surface area contributed by atoms with E-state index in [2.05, 4.69) is 27.6 Å². The van der Waals surface area contributed by atoms with E-state index in [1.54, 1.807) is 12.1 Å². The maximum atomic E-state index is 12.1. The van der Waals surface area contributed by atoms with Crippen LogP contribution >= 0.6 is 15.9 Å². The summed E-state index contributed by atoms with van der Waals surface area (Å²) < 4.78 is 27.0. The van der Waals surface area contributed by atoms with Crippen molar-refractivity contribution in [1.29, 1.82) is 0 Å². The molecule has 0 aliphatic carbocycles. The van der Waals surface area contributed by atoms with E-state index in [4.69, 9.17) is 0 Å². The summed E-state index contributed by atoms with van der Waals surface area (Å²) in [6, 6.07) is 6.86. The second-order valence-corrected chi connectivity index (χ2v) is 6.79. The maximum absolute atomic E-state index is 12.1. The highest BCUT2D eigenvalue weighted by atomic mass is 79.9. The lowest BCUT2D eigenvalue weighted by atomic mass is 10.2. The predicted octanol–water partition coefficient (Wildman–Crippen LogP) is 3.23. The van der Waals surface area contributed by atoms with Crippen LogP contribution in [0, 0.1) is 6.92 Å². The molecular formula is C13H20BrNO2S. The van der Waals surface area contributed by atoms with Gasteiger partial charge in [0.15, 0.2) is 0 Å². The smallest absolute Gasteiger partial charge is 0.207 e. The molecule has 0 aromatic heterocycles. The predicted molar refractivity (Wildman–Crippen MR) is 78.6 cm³/mol. The topological polar surface area (TPSA) is 46.2 Å². The third-order valence-corrected chi connectivity index (χ3v) is 5.06. The van der Waals surface area contributed by atoms with Crippen molar-refractivity contribution in [2.75, 3.05) is 5.33 Å². The number of hydrogen-bond acceptors (Lipinski definition) is 2. The zero-order chi connectivity index (χ0) is 13.6. The van der Waals surface area contributed by atoms with Gasteiger partial charge in [0.1, 0.15) is 0 Å². The minimum atomic E-state index is -3.40. The molecule has 3 nitrogen and oxygen atoms in total. The molecule has 1 rings (SSSR count). The van der Waals surface area contributed by atoms with Crippen LogP contribution in [-0.2, 0) is 10.0 Å². The van der Waals surface area contributed by atoms with Crippen molar-refractivity contribution in [3.63, 3.8) is 0 Å². The van der Waals surface area contributed by atoms with Gasteiger partial charge >= 0.3 is 0 Å². The van der Waals surface area contributed by atoms with Crippen molar-refractivity contribution in [2.24, 2.45) is 0 Å². The molecule has 0 aliphatic heterocycles. The lowest BCUT2D eigenvalue weighted by molar-refractivity contribution is 0.539. The number of benzene rings is 1. The molecule has 0 bridgehead atoms. The van der Waals surface area contributed by atoms with Gasteiger partial charge in [-0.15, -0.1) is 0 Å². The van der Waals surface area contributed by atoms with E-state index in [1.807, 2.05) is 19.1 Å². The highest BCUT2D eigenvalue weighted by Gasteiger charge is 2.18. The van der Waals surface area contributed by atoms with Gasteiger partial charge in [-0.3, -0.25) is 0 Å². The average Bonchev–Trinajstić information content (AvgIpc) is 2.35. The summed E-state index contributed by atoms with van der Waals surface area (Å²) in [6.45, 7) is 4.03. The van der Waals surface area contributed by atoms with Crippen LogP contribution < -0.4 is 4.72 Å². The molecule has 0 saturated carbocycles. The van der Waals surface area contributed by atoms with Crippen LogP contribution in [0.3, 0.4) is 0 Å². The average molecular weight is 334 g/mol. The van der Waals surface area contributed by atoms with Gasteiger partial charge in [-0.25, -0.2) is 13.1 Å². The number of aryl methyl sites for hydroxylation is 1. The van der Waals surface area contributed by atoms with Gasteiger partial charge in [0, 0.05) is 11.4 Å². The first-order chi connectivity index (χ1) is 8.49. The molecule has 1 aromatic carbocycles. The Balaban J connectivity index is 2.77. The molecule has 0 spiro atoms. The molecule has 0 fully saturated rings. The highest BCUT2D eigenvalue weighted by Crippen LogP contribution is 2.13. The number of unbranched alkanes of at least 4 members (excludes halogenated alkanes) is 1. The van der Waals surface area contributed by atoms with E-state index in [0.29, 0.717) is 10.2 Å². The number of alkyl halides is 1. The van der Waals surface area contributed by atoms with E-state index in [0.717, 1.165) is 24.8 Å². The van der Waals surface area contributed by atoms with E-state index in [1.165, 1.54) is 0 Å². The number of rotatable bonds is 7. The van der Waals surface area contributed by atoms with Gasteiger partial charge in [0.05, 0.1) is 4.90 Å². The summed E-state index contributed by atoms with van der Waals surface area (Å²) >= 11 is 3.36. The van der Waals surface area contributed by atoms with Crippen LogP contribution in [0.2, 0.25) is 0 Å². The standard InChI is InChI=1S/C13H20BrNO2S/c1-3-4-5-12(10-14)15-18(16,17)13-8-6-11(2)7-9-13/h6-9,12,15H,3-5,10H2,1-2H3/t12-/m1/s1. The molecule has 5 heteroatoms. The Morgan fingerprint density at radius 3 is 2.39 bits per heavy atom. The second-order valence-electron chi connectivity index (χ2n) is 4.43. The molecule has 1 N–H and O–H groups in total. The zero-order valence-corrected chi connectivity index (χ0v) is 13.2. The maximum Gasteiger partial charge on any atom is 0.240 e. The monoisotopic (exact) mass is 333 g/mol. The van der Waals surface area contributed by atoms with Gasteiger partial charge in [-0.2, -0.15) is 0 Å². The van der Waals surface area contributed by atoms with Crippen molar-refractivity contribution < 1.29 is 8.42 Å². The number of sulfonamides is 1. The summed E-state index contributed by atoms with van der Waals surface area (Å²) in [5.41, 5.74) is 1.05. The van der Waals surface area contributed by atoms with Crippen molar-refractivity contribution in [3.8, 4) is 0 Å². The zero-order valence-electron chi connectivity index (χ0n) is 10.8. The molecular weight excluding hydrogens is 314 g/mol. The second kappa shape index (κ2) is 7.26. The first kappa shape index (κ1) is 15.7. The lowest BCUT2D eigenvalue weighted by Crippen LogP contribution is -2.36. The van der Waals surface area contributed by atoms with Gasteiger partial charge in [0.2, 0.25) is 10.0 Å². The molecule has 0 aliphatic rings. The van der Waals surface area contributed by atoms with E-state index in [-0.39, 0.29) is 6.04 Å². The van der Waals surface area contributed by atoms with Gasteiger partial charge in [-0.05, 0) is 25.5 Å². The van der Waals surface area contributed by atoms with Crippen LogP contribution in [-0.4, -0.2) is 19.8 Å². The molecule has 0 amide bonds. The molecule has 1 aromatic rings. The number of halogens is 1. The lowest BCUT2D eigenvalue weighted by Gasteiger charge is -2.16. The molecule has 0 saturated heterocycles. The van der Waals surface area contributed by atoms with Crippen molar-refractivity contribution in [3.05, 3.63) is 29.8 Å².